The Balaban J connectivity index is 1.93. The summed E-state index contributed by atoms with van der Waals surface area (Å²) in [7, 11) is 1.50. The molecule has 1 aromatic carbocycles. The van der Waals surface area contributed by atoms with Crippen LogP contribution in [-0.2, 0) is 6.54 Å². The first-order chi connectivity index (χ1) is 9.60. The molecule has 0 saturated heterocycles. The molecule has 2 N–H and O–H groups in total. The highest BCUT2D eigenvalue weighted by Crippen LogP contribution is 2.20. The Labute approximate surface area is 114 Å². The van der Waals surface area contributed by atoms with E-state index in [1.165, 1.54) is 30.1 Å². The van der Waals surface area contributed by atoms with E-state index < -0.39 is 11.8 Å². The molecule has 0 aliphatic rings. The lowest BCUT2D eigenvalue weighted by Crippen LogP contribution is -2.12. The van der Waals surface area contributed by atoms with E-state index in [0.717, 1.165) is 0 Å². The summed E-state index contributed by atoms with van der Waals surface area (Å²) in [6.45, 7) is 0.726. The van der Waals surface area contributed by atoms with Gasteiger partial charge in [0.1, 0.15) is 11.6 Å². The van der Waals surface area contributed by atoms with Crippen LogP contribution in [0.2, 0.25) is 0 Å². The lowest BCUT2D eigenvalue weighted by atomic mass is 10.3. The summed E-state index contributed by atoms with van der Waals surface area (Å²) in [4.78, 5) is 10.6. The number of hydrogen-bond acceptors (Lipinski definition) is 5. The highest BCUT2D eigenvalue weighted by molar-refractivity contribution is 5.84. The Morgan fingerprint density at radius 2 is 2.35 bits per heavy atom. The van der Waals surface area contributed by atoms with E-state index >= 15 is 0 Å². The van der Waals surface area contributed by atoms with Gasteiger partial charge in [0.05, 0.1) is 25.5 Å². The number of carboxylic acid groups (broad SMARTS) is 1. The number of halogens is 1. The van der Waals surface area contributed by atoms with Crippen LogP contribution in [-0.4, -0.2) is 39.7 Å². The van der Waals surface area contributed by atoms with Crippen molar-refractivity contribution in [1.82, 2.24) is 15.0 Å². The van der Waals surface area contributed by atoms with Crippen LogP contribution in [0, 0.1) is 5.82 Å². The molecule has 7 nitrogen and oxygen atoms in total. The fourth-order valence-electron chi connectivity index (χ4n) is 1.58. The van der Waals surface area contributed by atoms with Gasteiger partial charge in [-0.15, -0.1) is 5.10 Å². The van der Waals surface area contributed by atoms with Crippen molar-refractivity contribution in [3.8, 4) is 5.75 Å². The third-order valence-corrected chi connectivity index (χ3v) is 2.59. The van der Waals surface area contributed by atoms with Gasteiger partial charge in [-0.2, -0.15) is 0 Å². The second kappa shape index (κ2) is 6.00. The third-order valence-electron chi connectivity index (χ3n) is 2.59. The second-order valence-corrected chi connectivity index (χ2v) is 3.94. The Morgan fingerprint density at radius 3 is 3.00 bits per heavy atom. The SMILES string of the molecule is COc1ccc(F)c(NCCn2cc(C(=O)O)nn2)c1. The van der Waals surface area contributed by atoms with Crippen LogP contribution in [0.15, 0.2) is 24.4 Å². The molecule has 0 atom stereocenters. The quantitative estimate of drug-likeness (QED) is 0.827. The van der Waals surface area contributed by atoms with Crippen molar-refractivity contribution >= 4 is 11.7 Å². The lowest BCUT2D eigenvalue weighted by molar-refractivity contribution is 0.0690. The van der Waals surface area contributed by atoms with E-state index in [2.05, 4.69) is 15.6 Å². The van der Waals surface area contributed by atoms with Gasteiger partial charge in [0.2, 0.25) is 0 Å². The van der Waals surface area contributed by atoms with Crippen LogP contribution in [0.1, 0.15) is 10.5 Å². The van der Waals surface area contributed by atoms with Gasteiger partial charge in [-0.3, -0.25) is 0 Å². The summed E-state index contributed by atoms with van der Waals surface area (Å²) in [6, 6.07) is 4.37. The maximum atomic E-state index is 13.5. The number of methoxy groups -OCH3 is 1. The van der Waals surface area contributed by atoms with Crippen molar-refractivity contribution in [2.45, 2.75) is 6.54 Å². The van der Waals surface area contributed by atoms with Gasteiger partial charge in [-0.1, -0.05) is 5.21 Å². The summed E-state index contributed by atoms with van der Waals surface area (Å²) < 4.78 is 19.9. The highest BCUT2D eigenvalue weighted by atomic mass is 19.1. The molecular weight excluding hydrogens is 267 g/mol. The first kappa shape index (κ1) is 13.8. The molecule has 2 rings (SSSR count). The average Bonchev–Trinajstić information content (AvgIpc) is 2.90. The van der Waals surface area contributed by atoms with Gasteiger partial charge in [-0.05, 0) is 12.1 Å². The standard InChI is InChI=1S/C12H13FN4O3/c1-20-8-2-3-9(13)10(6-8)14-4-5-17-7-11(12(18)19)15-16-17/h2-3,6-7,14H,4-5H2,1H3,(H,18,19). The van der Waals surface area contributed by atoms with Gasteiger partial charge < -0.3 is 15.2 Å². The second-order valence-electron chi connectivity index (χ2n) is 3.94. The highest BCUT2D eigenvalue weighted by Gasteiger charge is 2.08. The minimum atomic E-state index is -1.14. The van der Waals surface area contributed by atoms with Crippen molar-refractivity contribution in [3.63, 3.8) is 0 Å². The first-order valence-electron chi connectivity index (χ1n) is 5.81. The van der Waals surface area contributed by atoms with Crippen molar-refractivity contribution in [1.29, 1.82) is 0 Å². The molecule has 1 aromatic heterocycles. The summed E-state index contributed by atoms with van der Waals surface area (Å²) in [6.07, 6.45) is 1.31. The summed E-state index contributed by atoms with van der Waals surface area (Å²) in [5.74, 6) is -0.985. The van der Waals surface area contributed by atoms with Gasteiger partial charge in [0.15, 0.2) is 5.69 Å². The summed E-state index contributed by atoms with van der Waals surface area (Å²) in [5.41, 5.74) is 0.181. The number of rotatable bonds is 6. The minimum Gasteiger partial charge on any atom is -0.497 e. The lowest BCUT2D eigenvalue weighted by Gasteiger charge is -2.09. The van der Waals surface area contributed by atoms with Gasteiger partial charge in [0.25, 0.3) is 0 Å². The molecule has 0 saturated carbocycles. The third kappa shape index (κ3) is 3.22. The van der Waals surface area contributed by atoms with Gasteiger partial charge >= 0.3 is 5.97 Å². The molecular formula is C12H13FN4O3. The Kier molecular flexibility index (Phi) is 4.14. The van der Waals surface area contributed by atoms with E-state index in [1.807, 2.05) is 0 Å². The van der Waals surface area contributed by atoms with Gasteiger partial charge in [0, 0.05) is 12.6 Å². The minimum absolute atomic E-state index is 0.127. The zero-order chi connectivity index (χ0) is 14.5. The van der Waals surface area contributed by atoms with Crippen LogP contribution in [0.4, 0.5) is 10.1 Å². The smallest absolute Gasteiger partial charge is 0.358 e. The number of hydrogen-bond donors (Lipinski definition) is 2. The number of anilines is 1. The van der Waals surface area contributed by atoms with E-state index in [-0.39, 0.29) is 5.69 Å². The van der Waals surface area contributed by atoms with Crippen LogP contribution in [0.5, 0.6) is 5.75 Å². The molecule has 0 aliphatic carbocycles. The zero-order valence-electron chi connectivity index (χ0n) is 10.7. The topological polar surface area (TPSA) is 89.3 Å². The predicted molar refractivity (Wildman–Crippen MR) is 68.4 cm³/mol. The van der Waals surface area contributed by atoms with Gasteiger partial charge in [-0.25, -0.2) is 13.9 Å². The van der Waals surface area contributed by atoms with Crippen LogP contribution in [0.3, 0.4) is 0 Å². The molecule has 0 fully saturated rings. The number of carbonyl (C=O) groups is 1. The van der Waals surface area contributed by atoms with Crippen molar-refractivity contribution < 1.29 is 19.0 Å². The van der Waals surface area contributed by atoms with Crippen molar-refractivity contribution in [2.24, 2.45) is 0 Å². The molecule has 0 unspecified atom stereocenters. The van der Waals surface area contributed by atoms with Crippen molar-refractivity contribution in [2.75, 3.05) is 19.0 Å². The van der Waals surface area contributed by atoms with Crippen LogP contribution in [0.25, 0.3) is 0 Å². The number of carboxylic acids is 1. The predicted octanol–water partition coefficient (Wildman–Crippen LogP) is 1.24. The average molecular weight is 280 g/mol. The van der Waals surface area contributed by atoms with Crippen LogP contribution >= 0.6 is 0 Å². The summed E-state index contributed by atoms with van der Waals surface area (Å²) >= 11 is 0. The fourth-order valence-corrected chi connectivity index (χ4v) is 1.58. The van der Waals surface area contributed by atoms with E-state index in [9.17, 15) is 9.18 Å². The number of ether oxygens (including phenoxy) is 1. The number of nitrogens with zero attached hydrogens (tertiary/aromatic N) is 3. The summed E-state index contributed by atoms with van der Waals surface area (Å²) in [5, 5.41) is 18.7. The van der Waals surface area contributed by atoms with Crippen molar-refractivity contribution in [3.05, 3.63) is 35.9 Å². The number of aromatic carboxylic acids is 1. The molecule has 0 bridgehead atoms. The Hall–Kier alpha value is -2.64. The zero-order valence-corrected chi connectivity index (χ0v) is 10.7. The van der Waals surface area contributed by atoms with E-state index in [0.29, 0.717) is 24.5 Å². The maximum absolute atomic E-state index is 13.5. The molecule has 0 radical (unpaired) electrons. The molecule has 0 spiro atoms. The maximum Gasteiger partial charge on any atom is 0.358 e. The molecule has 20 heavy (non-hydrogen) atoms. The molecule has 2 aromatic rings. The fraction of sp³-hybridized carbons (Fsp3) is 0.250. The van der Waals surface area contributed by atoms with Crippen LogP contribution < -0.4 is 10.1 Å². The molecule has 0 aliphatic heterocycles. The molecule has 1 heterocycles. The Morgan fingerprint density at radius 1 is 1.55 bits per heavy atom. The first-order valence-corrected chi connectivity index (χ1v) is 5.81. The normalized spacial score (nSPS) is 10.3. The Bertz CT molecular complexity index is 614. The molecule has 8 heteroatoms. The largest absolute Gasteiger partial charge is 0.497 e. The number of benzene rings is 1. The number of nitrogens with one attached hydrogen (secondary N) is 1. The van der Waals surface area contributed by atoms with E-state index in [4.69, 9.17) is 9.84 Å². The number of aromatic nitrogens is 3. The monoisotopic (exact) mass is 280 g/mol. The van der Waals surface area contributed by atoms with E-state index in [1.54, 1.807) is 6.07 Å². The molecule has 0 amide bonds. The molecule has 106 valence electrons.